The second-order valence-electron chi connectivity index (χ2n) is 6.47. The number of aliphatic carboxylic acids is 1. The van der Waals surface area contributed by atoms with Crippen molar-refractivity contribution in [2.24, 2.45) is 0 Å². The van der Waals surface area contributed by atoms with Crippen molar-refractivity contribution in [2.45, 2.75) is 39.5 Å². The topological polar surface area (TPSA) is 109 Å². The smallest absolute Gasteiger partial charge is 0.310 e. The van der Waals surface area contributed by atoms with Gasteiger partial charge in [-0.15, -0.1) is 0 Å². The molecule has 1 unspecified atom stereocenters. The summed E-state index contributed by atoms with van der Waals surface area (Å²) in [6.45, 7) is 5.44. The van der Waals surface area contributed by atoms with Gasteiger partial charge in [-0.3, -0.25) is 9.59 Å². The molecule has 1 aromatic carbocycles. The molecule has 0 saturated heterocycles. The number of hydrogen-bond donors (Lipinski definition) is 2. The highest BCUT2D eigenvalue weighted by atomic mass is 16.4. The molecule has 0 aliphatic heterocycles. The summed E-state index contributed by atoms with van der Waals surface area (Å²) in [7, 11) is 0. The fourth-order valence-corrected chi connectivity index (χ4v) is 3.01. The molecule has 1 atom stereocenters. The molecule has 0 bridgehead atoms. The number of benzene rings is 1. The summed E-state index contributed by atoms with van der Waals surface area (Å²) in [4.78, 5) is 32.0. The van der Waals surface area contributed by atoms with Gasteiger partial charge in [0.25, 0.3) is 5.78 Å². The summed E-state index contributed by atoms with van der Waals surface area (Å²) in [5.74, 6) is -1.14. The SMILES string of the molecule is Cc1nc2ncnn2c(C)c1CCC(=O)Nc1cccc(C(C)C(=O)O)c1. The largest absolute Gasteiger partial charge is 0.481 e. The average Bonchev–Trinajstić information content (AvgIpc) is 3.09. The fourth-order valence-electron chi connectivity index (χ4n) is 3.01. The van der Waals surface area contributed by atoms with Crippen LogP contribution in [0.1, 0.15) is 41.8 Å². The number of nitrogens with one attached hydrogen (secondary N) is 1. The summed E-state index contributed by atoms with van der Waals surface area (Å²) in [5, 5.41) is 16.1. The number of anilines is 1. The molecule has 0 aliphatic rings. The van der Waals surface area contributed by atoms with Crippen LogP contribution in [0.4, 0.5) is 5.69 Å². The molecule has 2 aromatic heterocycles. The minimum atomic E-state index is -0.902. The Morgan fingerprint density at radius 2 is 2.07 bits per heavy atom. The van der Waals surface area contributed by atoms with Crippen molar-refractivity contribution < 1.29 is 14.7 Å². The Morgan fingerprint density at radius 3 is 2.81 bits per heavy atom. The number of amides is 1. The van der Waals surface area contributed by atoms with Gasteiger partial charge in [-0.2, -0.15) is 10.1 Å². The maximum absolute atomic E-state index is 12.4. The molecule has 8 heteroatoms. The molecule has 1 amide bonds. The molecule has 8 nitrogen and oxygen atoms in total. The first-order valence-corrected chi connectivity index (χ1v) is 8.65. The molecule has 0 aliphatic carbocycles. The van der Waals surface area contributed by atoms with E-state index in [1.807, 2.05) is 13.8 Å². The number of aryl methyl sites for hydroxylation is 2. The summed E-state index contributed by atoms with van der Waals surface area (Å²) < 4.78 is 1.66. The van der Waals surface area contributed by atoms with E-state index in [9.17, 15) is 9.59 Å². The molecule has 0 fully saturated rings. The number of hydrogen-bond acceptors (Lipinski definition) is 5. The van der Waals surface area contributed by atoms with Crippen molar-refractivity contribution in [2.75, 3.05) is 5.32 Å². The normalized spacial score (nSPS) is 12.1. The standard InChI is InChI=1S/C19H21N5O3/c1-11(18(26)27)14-5-4-6-15(9-14)23-17(25)8-7-16-12(2)22-19-20-10-21-24(19)13(16)3/h4-6,9-11H,7-8H2,1-3H3,(H,23,25)(H,26,27). The molecule has 2 heterocycles. The minimum absolute atomic E-state index is 0.146. The lowest BCUT2D eigenvalue weighted by molar-refractivity contribution is -0.138. The molecule has 0 radical (unpaired) electrons. The van der Waals surface area contributed by atoms with Gasteiger partial charge in [-0.05, 0) is 50.5 Å². The molecule has 3 rings (SSSR count). The quantitative estimate of drug-likeness (QED) is 0.693. The predicted molar refractivity (Wildman–Crippen MR) is 99.7 cm³/mol. The fraction of sp³-hybridized carbons (Fsp3) is 0.316. The second kappa shape index (κ2) is 7.53. The lowest BCUT2D eigenvalue weighted by Gasteiger charge is -2.12. The first-order chi connectivity index (χ1) is 12.9. The maximum atomic E-state index is 12.4. The van der Waals surface area contributed by atoms with Crippen molar-refractivity contribution in [1.82, 2.24) is 19.6 Å². The number of carboxylic acids is 1. The van der Waals surface area contributed by atoms with E-state index in [2.05, 4.69) is 20.4 Å². The van der Waals surface area contributed by atoms with Crippen LogP contribution in [0.2, 0.25) is 0 Å². The van der Waals surface area contributed by atoms with Crippen LogP contribution in [0.15, 0.2) is 30.6 Å². The number of nitrogens with zero attached hydrogens (tertiary/aromatic N) is 4. The van der Waals surface area contributed by atoms with Crippen molar-refractivity contribution >= 4 is 23.3 Å². The van der Waals surface area contributed by atoms with E-state index in [0.717, 1.165) is 17.0 Å². The number of rotatable bonds is 6. The lowest BCUT2D eigenvalue weighted by atomic mass is 10.0. The highest BCUT2D eigenvalue weighted by Gasteiger charge is 2.15. The van der Waals surface area contributed by atoms with Crippen LogP contribution >= 0.6 is 0 Å². The number of fused-ring (bicyclic) bond motifs is 1. The number of aromatic nitrogens is 4. The van der Waals surface area contributed by atoms with Crippen molar-refractivity contribution in [3.05, 3.63) is 53.1 Å². The van der Waals surface area contributed by atoms with Crippen LogP contribution in [0.3, 0.4) is 0 Å². The van der Waals surface area contributed by atoms with Crippen molar-refractivity contribution in [1.29, 1.82) is 0 Å². The highest BCUT2D eigenvalue weighted by molar-refractivity contribution is 5.91. The van der Waals surface area contributed by atoms with Gasteiger partial charge in [-0.1, -0.05) is 12.1 Å². The third-order valence-corrected chi connectivity index (χ3v) is 4.63. The number of carbonyl (C=O) groups is 2. The Morgan fingerprint density at radius 1 is 1.30 bits per heavy atom. The Hall–Kier alpha value is -3.29. The molecular weight excluding hydrogens is 346 g/mol. The summed E-state index contributed by atoms with van der Waals surface area (Å²) in [6.07, 6.45) is 2.26. The van der Waals surface area contributed by atoms with Crippen molar-refractivity contribution in [3.8, 4) is 0 Å². The van der Waals surface area contributed by atoms with Gasteiger partial charge >= 0.3 is 5.97 Å². The van der Waals surface area contributed by atoms with Crippen LogP contribution in [0, 0.1) is 13.8 Å². The minimum Gasteiger partial charge on any atom is -0.481 e. The number of carboxylic acid groups (broad SMARTS) is 1. The van der Waals surface area contributed by atoms with Crippen molar-refractivity contribution in [3.63, 3.8) is 0 Å². The highest BCUT2D eigenvalue weighted by Crippen LogP contribution is 2.20. The van der Waals surface area contributed by atoms with Gasteiger partial charge in [0.1, 0.15) is 6.33 Å². The van der Waals surface area contributed by atoms with E-state index in [0.29, 0.717) is 23.4 Å². The van der Waals surface area contributed by atoms with Gasteiger partial charge in [0.05, 0.1) is 5.92 Å². The summed E-state index contributed by atoms with van der Waals surface area (Å²) in [6, 6.07) is 6.91. The van der Waals surface area contributed by atoms with E-state index in [-0.39, 0.29) is 12.3 Å². The molecular formula is C19H21N5O3. The van der Waals surface area contributed by atoms with Crippen LogP contribution in [0.5, 0.6) is 0 Å². The average molecular weight is 367 g/mol. The van der Waals surface area contributed by atoms with Gasteiger partial charge < -0.3 is 10.4 Å². The molecule has 0 saturated carbocycles. The number of carbonyl (C=O) groups excluding carboxylic acids is 1. The van der Waals surface area contributed by atoms with E-state index in [4.69, 9.17) is 5.11 Å². The first-order valence-electron chi connectivity index (χ1n) is 8.65. The third-order valence-electron chi connectivity index (χ3n) is 4.63. The van der Waals surface area contributed by atoms with Crippen LogP contribution in [-0.2, 0) is 16.0 Å². The van der Waals surface area contributed by atoms with Gasteiger partial charge in [0.15, 0.2) is 0 Å². The maximum Gasteiger partial charge on any atom is 0.310 e. The molecule has 3 aromatic rings. The molecule has 27 heavy (non-hydrogen) atoms. The van der Waals surface area contributed by atoms with Gasteiger partial charge in [0.2, 0.25) is 5.91 Å². The zero-order valence-electron chi connectivity index (χ0n) is 15.4. The Bertz CT molecular complexity index is 1010. The molecule has 0 spiro atoms. The van der Waals surface area contributed by atoms with E-state index in [1.54, 1.807) is 35.7 Å². The van der Waals surface area contributed by atoms with Gasteiger partial charge in [0, 0.05) is 23.5 Å². The zero-order chi connectivity index (χ0) is 19.6. The molecule has 140 valence electrons. The second-order valence-corrected chi connectivity index (χ2v) is 6.47. The van der Waals surface area contributed by atoms with Crippen LogP contribution in [0.25, 0.3) is 5.78 Å². The Balaban J connectivity index is 1.69. The predicted octanol–water partition coefficient (Wildman–Crippen LogP) is 2.50. The van der Waals surface area contributed by atoms with Crippen LogP contribution < -0.4 is 5.32 Å². The van der Waals surface area contributed by atoms with E-state index in [1.165, 1.54) is 6.33 Å². The lowest BCUT2D eigenvalue weighted by Crippen LogP contribution is -2.15. The van der Waals surface area contributed by atoms with Gasteiger partial charge in [-0.25, -0.2) is 9.50 Å². The zero-order valence-corrected chi connectivity index (χ0v) is 15.4. The monoisotopic (exact) mass is 367 g/mol. The first kappa shape index (κ1) is 18.5. The Labute approximate surface area is 156 Å². The molecule has 2 N–H and O–H groups in total. The van der Waals surface area contributed by atoms with Crippen LogP contribution in [-0.4, -0.2) is 36.6 Å². The summed E-state index contributed by atoms with van der Waals surface area (Å²) in [5.41, 5.74) is 3.95. The Kier molecular flexibility index (Phi) is 5.16. The van der Waals surface area contributed by atoms with E-state index >= 15 is 0 Å². The third kappa shape index (κ3) is 3.94. The summed E-state index contributed by atoms with van der Waals surface area (Å²) >= 11 is 0. The van der Waals surface area contributed by atoms with E-state index < -0.39 is 11.9 Å².